The first-order chi connectivity index (χ1) is 8.81. The van der Waals surface area contributed by atoms with E-state index in [4.69, 9.17) is 0 Å². The molecule has 1 N–H and O–H groups in total. The van der Waals surface area contributed by atoms with E-state index in [9.17, 15) is 4.79 Å². The number of carbonyl (C=O) groups is 1. The van der Waals surface area contributed by atoms with Gasteiger partial charge in [-0.3, -0.25) is 4.79 Å². The Balaban J connectivity index is 1.92. The fraction of sp³-hybridized carbons (Fsp3) is 0.562. The van der Waals surface area contributed by atoms with E-state index >= 15 is 0 Å². The Bertz CT molecular complexity index is 400. The molecule has 98 valence electrons. The lowest BCUT2D eigenvalue weighted by atomic mass is 9.80. The van der Waals surface area contributed by atoms with Crippen LogP contribution in [0.15, 0.2) is 24.3 Å². The molecule has 0 bridgehead atoms. The molecule has 2 rings (SSSR count). The van der Waals surface area contributed by atoms with Crippen LogP contribution in [0.1, 0.15) is 49.1 Å². The summed E-state index contributed by atoms with van der Waals surface area (Å²) in [4.78, 5) is 12.0. The van der Waals surface area contributed by atoms with Crippen LogP contribution in [0.5, 0.6) is 0 Å². The highest BCUT2D eigenvalue weighted by molar-refractivity contribution is 5.79. The van der Waals surface area contributed by atoms with Gasteiger partial charge in [0.15, 0.2) is 0 Å². The molecule has 0 radical (unpaired) electrons. The molecule has 0 aromatic heterocycles. The summed E-state index contributed by atoms with van der Waals surface area (Å²) >= 11 is 0. The number of carbonyl (C=O) groups excluding carboxylic acids is 1. The van der Waals surface area contributed by atoms with Gasteiger partial charge in [0.2, 0.25) is 0 Å². The van der Waals surface area contributed by atoms with Crippen molar-refractivity contribution < 1.29 is 4.79 Å². The molecule has 2 heteroatoms. The standard InChI is InChI=1S/C16H23NO/c1-17-11-5-9-15(18)12-14-8-4-7-13-6-2-3-10-16(13)14/h2-3,6,10,14,17H,4-5,7-9,11-12H2,1H3. The van der Waals surface area contributed by atoms with Crippen LogP contribution < -0.4 is 5.32 Å². The second-order valence-corrected chi connectivity index (χ2v) is 5.24. The van der Waals surface area contributed by atoms with Gasteiger partial charge in [0.1, 0.15) is 5.78 Å². The third-order valence-corrected chi connectivity index (χ3v) is 3.85. The number of benzene rings is 1. The predicted octanol–water partition coefficient (Wildman–Crippen LogP) is 3.07. The van der Waals surface area contributed by atoms with Gasteiger partial charge >= 0.3 is 0 Å². The zero-order valence-electron chi connectivity index (χ0n) is 11.2. The van der Waals surface area contributed by atoms with Crippen molar-refractivity contribution in [2.75, 3.05) is 13.6 Å². The monoisotopic (exact) mass is 245 g/mol. The molecule has 0 saturated carbocycles. The van der Waals surface area contributed by atoms with Crippen LogP contribution in [-0.2, 0) is 11.2 Å². The molecule has 1 unspecified atom stereocenters. The Morgan fingerprint density at radius 3 is 3.06 bits per heavy atom. The third kappa shape index (κ3) is 3.42. The average molecular weight is 245 g/mol. The van der Waals surface area contributed by atoms with Crippen molar-refractivity contribution in [3.8, 4) is 0 Å². The van der Waals surface area contributed by atoms with Crippen LogP contribution in [0.2, 0.25) is 0 Å². The summed E-state index contributed by atoms with van der Waals surface area (Å²) in [5.41, 5.74) is 2.88. The van der Waals surface area contributed by atoms with Crippen LogP contribution in [0.4, 0.5) is 0 Å². The molecule has 0 fully saturated rings. The largest absolute Gasteiger partial charge is 0.320 e. The summed E-state index contributed by atoms with van der Waals surface area (Å²) < 4.78 is 0. The first kappa shape index (κ1) is 13.3. The molecule has 0 amide bonds. The Morgan fingerprint density at radius 2 is 2.22 bits per heavy atom. The fourth-order valence-corrected chi connectivity index (χ4v) is 2.91. The van der Waals surface area contributed by atoms with Gasteiger partial charge in [-0.1, -0.05) is 24.3 Å². The Hall–Kier alpha value is -1.15. The van der Waals surface area contributed by atoms with Crippen LogP contribution in [0.3, 0.4) is 0 Å². The molecule has 1 aliphatic carbocycles. The number of nitrogens with one attached hydrogen (secondary N) is 1. The van der Waals surface area contributed by atoms with E-state index in [-0.39, 0.29) is 0 Å². The van der Waals surface area contributed by atoms with Crippen molar-refractivity contribution in [1.29, 1.82) is 0 Å². The lowest BCUT2D eigenvalue weighted by Gasteiger charge is -2.24. The third-order valence-electron chi connectivity index (χ3n) is 3.85. The molecule has 0 heterocycles. The van der Waals surface area contributed by atoms with Crippen LogP contribution in [0, 0.1) is 0 Å². The molecule has 1 atom stereocenters. The lowest BCUT2D eigenvalue weighted by Crippen LogP contribution is -2.15. The summed E-state index contributed by atoms with van der Waals surface area (Å²) in [7, 11) is 1.93. The Labute approximate surface area is 110 Å². The molecular weight excluding hydrogens is 222 g/mol. The lowest BCUT2D eigenvalue weighted by molar-refractivity contribution is -0.119. The quantitative estimate of drug-likeness (QED) is 0.780. The topological polar surface area (TPSA) is 29.1 Å². The maximum atomic E-state index is 12.0. The molecule has 18 heavy (non-hydrogen) atoms. The van der Waals surface area contributed by atoms with Gasteiger partial charge in [-0.15, -0.1) is 0 Å². The zero-order chi connectivity index (χ0) is 12.8. The fourth-order valence-electron chi connectivity index (χ4n) is 2.91. The van der Waals surface area contributed by atoms with E-state index in [2.05, 4.69) is 29.6 Å². The van der Waals surface area contributed by atoms with Gasteiger partial charge in [-0.2, -0.15) is 0 Å². The van der Waals surface area contributed by atoms with E-state index < -0.39 is 0 Å². The number of hydrogen-bond donors (Lipinski definition) is 1. The Kier molecular flexibility index (Phi) is 4.94. The minimum Gasteiger partial charge on any atom is -0.320 e. The first-order valence-electron chi connectivity index (χ1n) is 7.05. The molecule has 1 aliphatic rings. The van der Waals surface area contributed by atoms with Crippen molar-refractivity contribution in [3.05, 3.63) is 35.4 Å². The molecule has 0 saturated heterocycles. The smallest absolute Gasteiger partial charge is 0.133 e. The second-order valence-electron chi connectivity index (χ2n) is 5.24. The molecule has 1 aromatic rings. The summed E-state index contributed by atoms with van der Waals surface area (Å²) in [5.74, 6) is 0.893. The minimum atomic E-state index is 0.423. The van der Waals surface area contributed by atoms with E-state index in [1.165, 1.54) is 30.4 Å². The van der Waals surface area contributed by atoms with E-state index in [0.29, 0.717) is 11.7 Å². The van der Waals surface area contributed by atoms with Gasteiger partial charge in [-0.25, -0.2) is 0 Å². The van der Waals surface area contributed by atoms with E-state index in [1.54, 1.807) is 0 Å². The summed E-state index contributed by atoms with van der Waals surface area (Å²) in [6.07, 6.45) is 6.00. The maximum Gasteiger partial charge on any atom is 0.133 e. The molecule has 1 aromatic carbocycles. The van der Waals surface area contributed by atoms with Crippen molar-refractivity contribution >= 4 is 5.78 Å². The van der Waals surface area contributed by atoms with Crippen molar-refractivity contribution in [1.82, 2.24) is 5.32 Å². The number of rotatable bonds is 6. The van der Waals surface area contributed by atoms with Crippen LogP contribution >= 0.6 is 0 Å². The number of hydrogen-bond acceptors (Lipinski definition) is 2. The van der Waals surface area contributed by atoms with Crippen molar-refractivity contribution in [3.63, 3.8) is 0 Å². The molecular formula is C16H23NO. The Morgan fingerprint density at radius 1 is 1.39 bits per heavy atom. The number of Topliss-reactive ketones (excluding diaryl/α,β-unsaturated/α-hetero) is 1. The highest BCUT2D eigenvalue weighted by Gasteiger charge is 2.21. The molecule has 0 spiro atoms. The molecule has 0 aliphatic heterocycles. The maximum absolute atomic E-state index is 12.0. The van der Waals surface area contributed by atoms with Crippen LogP contribution in [0.25, 0.3) is 0 Å². The number of aryl methyl sites for hydroxylation is 1. The van der Waals surface area contributed by atoms with Gasteiger partial charge in [0, 0.05) is 12.8 Å². The number of fused-ring (bicyclic) bond motifs is 1. The normalized spacial score (nSPS) is 18.4. The van der Waals surface area contributed by atoms with Crippen LogP contribution in [-0.4, -0.2) is 19.4 Å². The summed E-state index contributed by atoms with van der Waals surface area (Å²) in [6, 6.07) is 8.63. The van der Waals surface area contributed by atoms with Crippen molar-refractivity contribution in [2.24, 2.45) is 0 Å². The summed E-state index contributed by atoms with van der Waals surface area (Å²) in [6.45, 7) is 0.937. The SMILES string of the molecule is CNCCCC(=O)CC1CCCc2ccccc21. The van der Waals surface area contributed by atoms with Gasteiger partial charge in [-0.05, 0) is 56.3 Å². The summed E-state index contributed by atoms with van der Waals surface area (Å²) in [5, 5.41) is 3.09. The van der Waals surface area contributed by atoms with Crippen molar-refractivity contribution in [2.45, 2.75) is 44.4 Å². The van der Waals surface area contributed by atoms with Gasteiger partial charge in [0.25, 0.3) is 0 Å². The zero-order valence-corrected chi connectivity index (χ0v) is 11.2. The second kappa shape index (κ2) is 6.69. The molecule has 2 nitrogen and oxygen atoms in total. The average Bonchev–Trinajstić information content (AvgIpc) is 2.39. The van der Waals surface area contributed by atoms with Gasteiger partial charge in [0.05, 0.1) is 0 Å². The number of ketones is 1. The van der Waals surface area contributed by atoms with Gasteiger partial charge < -0.3 is 5.32 Å². The highest BCUT2D eigenvalue weighted by Crippen LogP contribution is 2.34. The first-order valence-corrected chi connectivity index (χ1v) is 7.05. The van der Waals surface area contributed by atoms with E-state index in [1.807, 2.05) is 7.05 Å². The van der Waals surface area contributed by atoms with E-state index in [0.717, 1.165) is 25.8 Å². The minimum absolute atomic E-state index is 0.423. The highest BCUT2D eigenvalue weighted by atomic mass is 16.1. The predicted molar refractivity (Wildman–Crippen MR) is 74.9 cm³/mol.